The number of hydrogen-bond acceptors (Lipinski definition) is 4. The molecule has 26 heavy (non-hydrogen) atoms. The van der Waals surface area contributed by atoms with Gasteiger partial charge in [-0.05, 0) is 42.5 Å². The summed E-state index contributed by atoms with van der Waals surface area (Å²) in [5, 5.41) is 18.2. The Morgan fingerprint density at radius 2 is 1.54 bits per heavy atom. The van der Waals surface area contributed by atoms with Gasteiger partial charge in [-0.15, -0.1) is 0 Å². The summed E-state index contributed by atoms with van der Waals surface area (Å²) in [6, 6.07) is 23.1. The fraction of sp³-hybridized carbons (Fsp3) is 0.0500. The summed E-state index contributed by atoms with van der Waals surface area (Å²) in [5.41, 5.74) is 0.463. The maximum atomic E-state index is 13.7. The third-order valence-electron chi connectivity index (χ3n) is 3.88. The van der Waals surface area contributed by atoms with Gasteiger partial charge in [0.05, 0.1) is 13.3 Å². The van der Waals surface area contributed by atoms with Crippen LogP contribution in [0.2, 0.25) is 0 Å². The zero-order valence-electron chi connectivity index (χ0n) is 14.2. The van der Waals surface area contributed by atoms with Crippen molar-refractivity contribution in [1.82, 2.24) is 5.20 Å². The van der Waals surface area contributed by atoms with Gasteiger partial charge >= 0.3 is 0 Å². The van der Waals surface area contributed by atoms with E-state index in [4.69, 9.17) is 4.74 Å². The molecule has 2 N–H and O–H groups in total. The van der Waals surface area contributed by atoms with Crippen molar-refractivity contribution in [3.8, 4) is 11.5 Å². The Balaban J connectivity index is 1.94. The predicted molar refractivity (Wildman–Crippen MR) is 105 cm³/mol. The summed E-state index contributed by atoms with van der Waals surface area (Å²) in [7, 11) is -1.61. The highest BCUT2D eigenvalue weighted by atomic mass is 31.2. The Morgan fingerprint density at radius 1 is 0.962 bits per heavy atom. The van der Waals surface area contributed by atoms with Gasteiger partial charge in [0.25, 0.3) is 0 Å². The standard InChI is InChI=1S/C20H19N2O3P/c1-25-17-12-13-20(23)16(14-17)15-21-22-26(24,18-8-4-2-5-9-18)19-10-6-3-7-11-19/h2-15,23H,1H3,(H,22,24). The Bertz CT molecular complexity index is 900. The monoisotopic (exact) mass is 366 g/mol. The molecule has 0 fully saturated rings. The topological polar surface area (TPSA) is 70.9 Å². The molecule has 6 heteroatoms. The Kier molecular flexibility index (Phi) is 5.40. The molecule has 0 radical (unpaired) electrons. The zero-order valence-corrected chi connectivity index (χ0v) is 15.1. The molecule has 132 valence electrons. The van der Waals surface area contributed by atoms with E-state index in [9.17, 15) is 9.67 Å². The van der Waals surface area contributed by atoms with E-state index in [1.54, 1.807) is 43.5 Å². The summed E-state index contributed by atoms with van der Waals surface area (Å²) in [5.74, 6) is 0.657. The smallest absolute Gasteiger partial charge is 0.242 e. The molecule has 0 unspecified atom stereocenters. The summed E-state index contributed by atoms with van der Waals surface area (Å²) in [6.45, 7) is 0. The van der Waals surface area contributed by atoms with Crippen molar-refractivity contribution in [3.05, 3.63) is 84.4 Å². The Hall–Kier alpha value is -3.04. The zero-order chi connectivity index (χ0) is 18.4. The second kappa shape index (κ2) is 7.89. The van der Waals surface area contributed by atoms with Crippen molar-refractivity contribution < 1.29 is 14.4 Å². The molecule has 0 atom stereocenters. The van der Waals surface area contributed by atoms with E-state index in [1.165, 1.54) is 12.3 Å². The number of phenolic OH excluding ortho intramolecular Hbond substituents is 1. The third-order valence-corrected chi connectivity index (χ3v) is 6.32. The quantitative estimate of drug-likeness (QED) is 0.399. The van der Waals surface area contributed by atoms with Crippen LogP contribution in [0.5, 0.6) is 11.5 Å². The summed E-state index contributed by atoms with van der Waals surface area (Å²) < 4.78 is 18.9. The highest BCUT2D eigenvalue weighted by molar-refractivity contribution is 7.76. The molecular weight excluding hydrogens is 347 g/mol. The van der Waals surface area contributed by atoms with Crippen molar-refractivity contribution >= 4 is 24.1 Å². The molecule has 0 aliphatic rings. The van der Waals surface area contributed by atoms with Crippen LogP contribution in [0.4, 0.5) is 0 Å². The fourth-order valence-corrected chi connectivity index (χ4v) is 4.42. The van der Waals surface area contributed by atoms with Crippen LogP contribution < -0.4 is 20.5 Å². The van der Waals surface area contributed by atoms with Gasteiger partial charge in [0.15, 0.2) is 0 Å². The second-order valence-corrected chi connectivity index (χ2v) is 8.01. The average molecular weight is 366 g/mol. The van der Waals surface area contributed by atoms with Gasteiger partial charge < -0.3 is 9.84 Å². The van der Waals surface area contributed by atoms with E-state index in [0.717, 1.165) is 0 Å². The van der Waals surface area contributed by atoms with E-state index in [0.29, 0.717) is 21.9 Å². The van der Waals surface area contributed by atoms with E-state index in [-0.39, 0.29) is 5.75 Å². The van der Waals surface area contributed by atoms with Crippen molar-refractivity contribution in [2.75, 3.05) is 7.11 Å². The molecule has 0 spiro atoms. The van der Waals surface area contributed by atoms with Crippen molar-refractivity contribution in [2.45, 2.75) is 0 Å². The van der Waals surface area contributed by atoms with Crippen LogP contribution in [0.1, 0.15) is 5.56 Å². The number of hydrazone groups is 1. The first kappa shape index (κ1) is 17.8. The normalized spacial score (nSPS) is 11.4. The number of phenols is 1. The predicted octanol–water partition coefficient (Wildman–Crippen LogP) is 3.25. The van der Waals surface area contributed by atoms with Gasteiger partial charge in [-0.1, -0.05) is 36.4 Å². The number of rotatable bonds is 6. The molecule has 0 bridgehead atoms. The van der Waals surface area contributed by atoms with Gasteiger partial charge in [0.1, 0.15) is 11.5 Å². The molecule has 0 aliphatic heterocycles. The van der Waals surface area contributed by atoms with Gasteiger partial charge in [-0.25, -0.2) is 0 Å². The molecule has 0 heterocycles. The van der Waals surface area contributed by atoms with Crippen LogP contribution in [0, 0.1) is 0 Å². The lowest BCUT2D eigenvalue weighted by molar-refractivity contribution is 0.412. The number of nitrogens with zero attached hydrogens (tertiary/aromatic N) is 1. The molecular formula is C20H19N2O3P. The number of hydrogen-bond donors (Lipinski definition) is 2. The minimum Gasteiger partial charge on any atom is -0.507 e. The number of methoxy groups -OCH3 is 1. The van der Waals surface area contributed by atoms with Crippen LogP contribution in [-0.2, 0) is 4.57 Å². The molecule has 3 aromatic carbocycles. The first-order valence-corrected chi connectivity index (χ1v) is 9.73. The van der Waals surface area contributed by atoms with Crippen LogP contribution in [-0.4, -0.2) is 18.4 Å². The Labute approximate surface area is 152 Å². The minimum absolute atomic E-state index is 0.0607. The first-order valence-electron chi connectivity index (χ1n) is 8.02. The highest BCUT2D eigenvalue weighted by Crippen LogP contribution is 2.38. The number of benzene rings is 3. The molecule has 0 amide bonds. The molecule has 3 aromatic rings. The number of aromatic hydroxyl groups is 1. The van der Waals surface area contributed by atoms with E-state index in [2.05, 4.69) is 10.3 Å². The highest BCUT2D eigenvalue weighted by Gasteiger charge is 2.26. The van der Waals surface area contributed by atoms with E-state index < -0.39 is 7.29 Å². The van der Waals surface area contributed by atoms with Gasteiger partial charge in [0.2, 0.25) is 7.29 Å². The summed E-state index contributed by atoms with van der Waals surface area (Å²) in [6.07, 6.45) is 1.43. The lowest BCUT2D eigenvalue weighted by atomic mass is 10.2. The van der Waals surface area contributed by atoms with Crippen molar-refractivity contribution in [3.63, 3.8) is 0 Å². The number of nitrogens with one attached hydrogen (secondary N) is 1. The van der Waals surface area contributed by atoms with E-state index in [1.807, 2.05) is 36.4 Å². The van der Waals surface area contributed by atoms with Crippen LogP contribution in [0.3, 0.4) is 0 Å². The lowest BCUT2D eigenvalue weighted by Crippen LogP contribution is -2.24. The molecule has 0 saturated carbocycles. The van der Waals surface area contributed by atoms with E-state index >= 15 is 0 Å². The summed E-state index contributed by atoms with van der Waals surface area (Å²) >= 11 is 0. The maximum absolute atomic E-state index is 13.7. The van der Waals surface area contributed by atoms with Crippen LogP contribution in [0.25, 0.3) is 0 Å². The van der Waals surface area contributed by atoms with Gasteiger partial charge in [-0.2, -0.15) is 5.10 Å². The molecule has 0 aliphatic carbocycles. The molecule has 3 rings (SSSR count). The Morgan fingerprint density at radius 3 is 2.08 bits per heavy atom. The van der Waals surface area contributed by atoms with Gasteiger partial charge in [0, 0.05) is 16.2 Å². The maximum Gasteiger partial charge on any atom is 0.242 e. The second-order valence-electron chi connectivity index (χ2n) is 5.56. The minimum atomic E-state index is -3.16. The third kappa shape index (κ3) is 3.79. The molecule has 5 nitrogen and oxygen atoms in total. The average Bonchev–Trinajstić information content (AvgIpc) is 2.70. The van der Waals surface area contributed by atoms with Crippen LogP contribution in [0.15, 0.2) is 84.0 Å². The van der Waals surface area contributed by atoms with Gasteiger partial charge in [-0.3, -0.25) is 9.76 Å². The fourth-order valence-electron chi connectivity index (χ4n) is 2.48. The SMILES string of the molecule is COc1ccc(O)c(C=NNP(=O)(c2ccccc2)c2ccccc2)c1. The van der Waals surface area contributed by atoms with Crippen molar-refractivity contribution in [2.24, 2.45) is 5.10 Å². The first-order chi connectivity index (χ1) is 12.6. The molecule has 0 saturated heterocycles. The lowest BCUT2D eigenvalue weighted by Gasteiger charge is -2.18. The van der Waals surface area contributed by atoms with Crippen molar-refractivity contribution in [1.29, 1.82) is 0 Å². The summed E-state index contributed by atoms with van der Waals surface area (Å²) in [4.78, 5) is 0. The molecule has 0 aromatic heterocycles. The largest absolute Gasteiger partial charge is 0.507 e. The van der Waals surface area contributed by atoms with Crippen LogP contribution >= 0.6 is 7.29 Å². The number of ether oxygens (including phenoxy) is 1.